The number of rotatable bonds is 3. The fourth-order valence-electron chi connectivity index (χ4n) is 2.28. The maximum atomic E-state index is 12.5. The Morgan fingerprint density at radius 1 is 1.08 bits per heavy atom. The van der Waals surface area contributed by atoms with Crippen LogP contribution in [0.25, 0.3) is 0 Å². The van der Waals surface area contributed by atoms with Crippen molar-refractivity contribution in [3.05, 3.63) is 47.5 Å². The molecule has 1 aliphatic rings. The number of ether oxygens (including phenoxy) is 1. The molecule has 6 nitrogen and oxygen atoms in total. The number of fused-ring (bicyclic) bond motifs is 2. The highest BCUT2D eigenvalue weighted by molar-refractivity contribution is 7.93. The van der Waals surface area contributed by atoms with Gasteiger partial charge in [-0.3, -0.25) is 9.52 Å². The molecular weight excluding hydrogens is 328 g/mol. The molecule has 0 unspecified atom stereocenters. The molecule has 0 fully saturated rings. The Balaban J connectivity index is 1.99. The SMILES string of the molecule is Cc1ccc2c(c1)NC(=O)c1cc(NS(=O)(=O)C(C)C)ccc1O2. The molecule has 0 bridgehead atoms. The molecule has 24 heavy (non-hydrogen) atoms. The molecule has 0 saturated heterocycles. The Hall–Kier alpha value is -2.54. The number of amides is 1. The van der Waals surface area contributed by atoms with Gasteiger partial charge in [0, 0.05) is 5.69 Å². The van der Waals surface area contributed by atoms with E-state index in [1.54, 1.807) is 32.0 Å². The molecule has 1 heterocycles. The van der Waals surface area contributed by atoms with Gasteiger partial charge >= 0.3 is 0 Å². The summed E-state index contributed by atoms with van der Waals surface area (Å²) in [4.78, 5) is 12.5. The molecule has 0 aliphatic carbocycles. The van der Waals surface area contributed by atoms with Gasteiger partial charge in [-0.2, -0.15) is 0 Å². The Morgan fingerprint density at radius 3 is 2.50 bits per heavy atom. The molecule has 2 N–H and O–H groups in total. The van der Waals surface area contributed by atoms with Crippen molar-refractivity contribution in [3.8, 4) is 11.5 Å². The molecule has 0 spiro atoms. The Morgan fingerprint density at radius 2 is 1.79 bits per heavy atom. The van der Waals surface area contributed by atoms with E-state index in [1.165, 1.54) is 6.07 Å². The van der Waals surface area contributed by atoms with Gasteiger partial charge in [0.2, 0.25) is 10.0 Å². The smallest absolute Gasteiger partial charge is 0.259 e. The summed E-state index contributed by atoms with van der Waals surface area (Å²) in [7, 11) is -3.49. The molecule has 0 aromatic heterocycles. The van der Waals surface area contributed by atoms with Crippen LogP contribution in [0.4, 0.5) is 11.4 Å². The molecule has 0 saturated carbocycles. The number of sulfonamides is 1. The van der Waals surface area contributed by atoms with E-state index in [4.69, 9.17) is 4.74 Å². The second kappa shape index (κ2) is 5.83. The van der Waals surface area contributed by atoms with Crippen LogP contribution in [0.3, 0.4) is 0 Å². The fraction of sp³-hybridized carbons (Fsp3) is 0.235. The van der Waals surface area contributed by atoms with Crippen LogP contribution in [0.2, 0.25) is 0 Å². The lowest BCUT2D eigenvalue weighted by Gasteiger charge is -2.12. The second-order valence-electron chi connectivity index (χ2n) is 5.96. The Kier molecular flexibility index (Phi) is 3.96. The van der Waals surface area contributed by atoms with Gasteiger partial charge in [0.15, 0.2) is 5.75 Å². The first-order valence-electron chi connectivity index (χ1n) is 7.52. The van der Waals surface area contributed by atoms with Crippen molar-refractivity contribution in [2.75, 3.05) is 10.0 Å². The first-order chi connectivity index (χ1) is 11.3. The van der Waals surface area contributed by atoms with E-state index in [-0.39, 0.29) is 11.5 Å². The normalized spacial score (nSPS) is 13.4. The molecule has 0 radical (unpaired) electrons. The number of nitrogens with one attached hydrogen (secondary N) is 2. The third kappa shape index (κ3) is 3.07. The standard InChI is InChI=1S/C17H18N2O4S/c1-10(2)24(21,22)19-12-5-7-15-13(9-12)17(20)18-14-8-11(3)4-6-16(14)23-15/h4-10,19H,1-3H3,(H,18,20). The van der Waals surface area contributed by atoms with Gasteiger partial charge in [0.25, 0.3) is 5.91 Å². The number of benzene rings is 2. The van der Waals surface area contributed by atoms with Crippen LogP contribution in [0, 0.1) is 6.92 Å². The molecule has 0 atom stereocenters. The summed E-state index contributed by atoms with van der Waals surface area (Å²) < 4.78 is 32.3. The highest BCUT2D eigenvalue weighted by Crippen LogP contribution is 2.37. The maximum Gasteiger partial charge on any atom is 0.259 e. The van der Waals surface area contributed by atoms with Crippen LogP contribution in [0.5, 0.6) is 11.5 Å². The molecular formula is C17H18N2O4S. The number of carbonyl (C=O) groups excluding carboxylic acids is 1. The van der Waals surface area contributed by atoms with Gasteiger partial charge in [0.1, 0.15) is 5.75 Å². The molecule has 3 rings (SSSR count). The summed E-state index contributed by atoms with van der Waals surface area (Å²) in [5.41, 5.74) is 2.17. The molecule has 126 valence electrons. The monoisotopic (exact) mass is 346 g/mol. The van der Waals surface area contributed by atoms with Gasteiger partial charge in [0.05, 0.1) is 16.5 Å². The van der Waals surface area contributed by atoms with E-state index in [0.29, 0.717) is 22.9 Å². The largest absolute Gasteiger partial charge is 0.454 e. The predicted octanol–water partition coefficient (Wildman–Crippen LogP) is 3.50. The number of carbonyl (C=O) groups is 1. The summed E-state index contributed by atoms with van der Waals surface area (Å²) in [5.74, 6) is 0.575. The Labute approximate surface area is 140 Å². The number of hydrogen-bond acceptors (Lipinski definition) is 4. The highest BCUT2D eigenvalue weighted by Gasteiger charge is 2.23. The number of anilines is 2. The number of aryl methyl sites for hydroxylation is 1. The highest BCUT2D eigenvalue weighted by atomic mass is 32.2. The van der Waals surface area contributed by atoms with Crippen LogP contribution in [0.15, 0.2) is 36.4 Å². The lowest BCUT2D eigenvalue weighted by Crippen LogP contribution is -2.22. The van der Waals surface area contributed by atoms with Gasteiger partial charge in [-0.15, -0.1) is 0 Å². The summed E-state index contributed by atoms with van der Waals surface area (Å²) in [6, 6.07) is 10.1. The first kappa shape index (κ1) is 16.3. The zero-order valence-electron chi connectivity index (χ0n) is 13.6. The van der Waals surface area contributed by atoms with E-state index < -0.39 is 15.3 Å². The molecule has 1 aliphatic heterocycles. The lowest BCUT2D eigenvalue weighted by molar-refractivity contribution is 0.102. The molecule has 2 aromatic carbocycles. The minimum absolute atomic E-state index is 0.271. The van der Waals surface area contributed by atoms with Crippen molar-refractivity contribution in [1.29, 1.82) is 0 Å². The average molecular weight is 346 g/mol. The summed E-state index contributed by atoms with van der Waals surface area (Å²) in [6.45, 7) is 5.09. The summed E-state index contributed by atoms with van der Waals surface area (Å²) >= 11 is 0. The zero-order valence-corrected chi connectivity index (χ0v) is 14.4. The fourth-order valence-corrected chi connectivity index (χ4v) is 2.97. The van der Waals surface area contributed by atoms with Crippen molar-refractivity contribution in [2.45, 2.75) is 26.0 Å². The quantitative estimate of drug-likeness (QED) is 0.891. The first-order valence-corrected chi connectivity index (χ1v) is 9.06. The van der Waals surface area contributed by atoms with Crippen LogP contribution in [-0.4, -0.2) is 19.6 Å². The molecule has 1 amide bonds. The maximum absolute atomic E-state index is 12.5. The van der Waals surface area contributed by atoms with E-state index in [0.717, 1.165) is 5.56 Å². The molecule has 2 aromatic rings. The van der Waals surface area contributed by atoms with E-state index in [9.17, 15) is 13.2 Å². The number of hydrogen-bond donors (Lipinski definition) is 2. The minimum Gasteiger partial charge on any atom is -0.454 e. The van der Waals surface area contributed by atoms with Gasteiger partial charge < -0.3 is 10.1 Å². The third-order valence-corrected chi connectivity index (χ3v) is 5.47. The summed E-state index contributed by atoms with van der Waals surface area (Å²) in [6.07, 6.45) is 0. The van der Waals surface area contributed by atoms with Crippen LogP contribution < -0.4 is 14.8 Å². The van der Waals surface area contributed by atoms with Crippen molar-refractivity contribution >= 4 is 27.3 Å². The van der Waals surface area contributed by atoms with E-state index in [2.05, 4.69) is 10.0 Å². The third-order valence-electron chi connectivity index (χ3n) is 3.71. The molecule has 7 heteroatoms. The Bertz CT molecular complexity index is 920. The van der Waals surface area contributed by atoms with Crippen molar-refractivity contribution in [2.24, 2.45) is 0 Å². The topological polar surface area (TPSA) is 84.5 Å². The minimum atomic E-state index is -3.49. The van der Waals surface area contributed by atoms with E-state index >= 15 is 0 Å². The summed E-state index contributed by atoms with van der Waals surface area (Å²) in [5, 5.41) is 2.22. The van der Waals surface area contributed by atoms with Crippen molar-refractivity contribution < 1.29 is 17.9 Å². The zero-order chi connectivity index (χ0) is 17.5. The predicted molar refractivity (Wildman–Crippen MR) is 93.3 cm³/mol. The van der Waals surface area contributed by atoms with Gasteiger partial charge in [-0.25, -0.2) is 8.42 Å². The van der Waals surface area contributed by atoms with Crippen LogP contribution in [0.1, 0.15) is 29.8 Å². The van der Waals surface area contributed by atoms with Gasteiger partial charge in [-0.1, -0.05) is 6.07 Å². The average Bonchev–Trinajstić information content (AvgIpc) is 2.63. The van der Waals surface area contributed by atoms with Crippen molar-refractivity contribution in [1.82, 2.24) is 0 Å². The van der Waals surface area contributed by atoms with Crippen LogP contribution in [-0.2, 0) is 10.0 Å². The van der Waals surface area contributed by atoms with Gasteiger partial charge in [-0.05, 0) is 56.7 Å². The van der Waals surface area contributed by atoms with Crippen molar-refractivity contribution in [3.63, 3.8) is 0 Å². The lowest BCUT2D eigenvalue weighted by atomic mass is 10.1. The van der Waals surface area contributed by atoms with Crippen LogP contribution >= 0.6 is 0 Å². The van der Waals surface area contributed by atoms with E-state index in [1.807, 2.05) is 19.1 Å². The second-order valence-corrected chi connectivity index (χ2v) is 8.20.